The molecule has 24 rings (SSSR count). The average molecular weight is 2090 g/mol. The van der Waals surface area contributed by atoms with Crippen LogP contribution < -0.4 is 0 Å². The molecule has 24 fully saturated rings. The van der Waals surface area contributed by atoms with E-state index in [0.29, 0.717) is 235 Å². The van der Waals surface area contributed by atoms with Gasteiger partial charge in [-0.1, -0.05) is 52.6 Å². The standard InChI is InChI=1S/C18H24O4.2C16H22O4.C16H22O3.C14H20O4.2C14H20O3.C13H18O4/c1-8(2)18(20)22-15-7-11-5-13(15)17-10-4-12(16(11)17)14(6-10)21-9(3)19;1-8(2)16(18)20-15-5-10-4-14(15)13-7-11(6-12(10)13)19-9(3)17;1-8(2)16(18)20-13-5-4-11-12-6-10(15(11)13)7-14(12)19-9(3)17;1-7(2)16(18)19-13-6-9-4-11(13)15-8-3-10(14(9)15)12(17)5-8;1-8(2)14(16)18-13-6-10-4-11(13)5-12(10)7-17-9(3)15;1-7(2)14(16)17-13-4-8-3-12(13)11-6-9(15)5-10(8)11;1-7(2)14(16)17-12-4-3-9-10-5-8(13(9)12)6-11(10)15;1-7(2)13(15)17-12-6-9-4-10(12)5-11(9)16-8(3)14/h10-17H,1,4-7H2,2-3H3;2*10-15H,1,4-7H2,2-3H3;8-15,17H,1,3-6H2,2H3;10-13H,1,4-7H2,2-3H3;2*8-13,15H,1,3-6H2,2H3;9-12H,1,4-6H2,2-3H3. The predicted octanol–water partition coefficient (Wildman–Crippen LogP) is 17.5. The lowest BCUT2D eigenvalue weighted by molar-refractivity contribution is -0.156. The molecule has 3 N–H and O–H groups in total. The fourth-order valence-electron chi connectivity index (χ4n) is 36.3. The maximum absolute atomic E-state index is 11.8. The highest BCUT2D eigenvalue weighted by Gasteiger charge is 2.70. The molecule has 0 aromatic heterocycles. The fraction of sp³-hybridized carbons (Fsp3) is 0.760. The molecule has 0 aromatic carbocycles. The average Bonchev–Trinajstić information content (AvgIpc) is 1.54. The quantitative estimate of drug-likeness (QED) is 0.0392. The van der Waals surface area contributed by atoms with E-state index >= 15 is 0 Å². The number of carbonyl (C=O) groups is 13. The molecule has 150 heavy (non-hydrogen) atoms. The van der Waals surface area contributed by atoms with E-state index in [1.165, 1.54) is 66.7 Å². The van der Waals surface area contributed by atoms with Gasteiger partial charge in [0.25, 0.3) is 0 Å². The van der Waals surface area contributed by atoms with Crippen molar-refractivity contribution in [1.82, 2.24) is 0 Å². The van der Waals surface area contributed by atoms with Crippen LogP contribution in [0.3, 0.4) is 0 Å². The molecule has 29 nitrogen and oxygen atoms in total. The number of ether oxygens (including phenoxy) is 13. The summed E-state index contributed by atoms with van der Waals surface area (Å²) in [4.78, 5) is 148. The summed E-state index contributed by atoms with van der Waals surface area (Å²) >= 11 is 0. The Balaban J connectivity index is 0.000000117. The summed E-state index contributed by atoms with van der Waals surface area (Å²) in [5.41, 5.74) is 3.78. The number of fused-ring (bicyclic) bond motifs is 42. The van der Waals surface area contributed by atoms with Gasteiger partial charge in [0.1, 0.15) is 73.2 Å². The lowest BCUT2D eigenvalue weighted by atomic mass is 9.69. The molecule has 0 amide bonds. The number of hydrogen-bond donors (Lipinski definition) is 3. The highest BCUT2D eigenvalue weighted by molar-refractivity contribution is 5.90. The largest absolute Gasteiger partial charge is 0.466 e. The summed E-state index contributed by atoms with van der Waals surface area (Å²) in [6, 6.07) is 0. The Morgan fingerprint density at radius 3 is 0.840 bits per heavy atom. The first-order chi connectivity index (χ1) is 71.0. The normalized spacial score (nSPS) is 43.3. The molecule has 0 saturated heterocycles. The first-order valence-corrected chi connectivity index (χ1v) is 56.8. The second-order valence-corrected chi connectivity index (χ2v) is 51.0. The third kappa shape index (κ3) is 23.7. The molecule has 20 bridgehead atoms. The smallest absolute Gasteiger partial charge is 0.333 e. The Morgan fingerprint density at radius 1 is 0.193 bits per heavy atom. The van der Waals surface area contributed by atoms with Crippen molar-refractivity contribution < 1.29 is 139 Å². The maximum atomic E-state index is 11.8. The van der Waals surface area contributed by atoms with Gasteiger partial charge in [0.15, 0.2) is 0 Å². The molecule has 29 heteroatoms. The van der Waals surface area contributed by atoms with Crippen LogP contribution in [0.25, 0.3) is 0 Å². The molecular weight excluding hydrogens is 1920 g/mol. The summed E-state index contributed by atoms with van der Waals surface area (Å²) in [6.07, 6.45) is 31.2. The predicted molar refractivity (Wildman–Crippen MR) is 548 cm³/mol. The van der Waals surface area contributed by atoms with Crippen molar-refractivity contribution in [2.75, 3.05) is 6.61 Å². The number of aliphatic hydroxyl groups excluding tert-OH is 3. The third-order valence-electron chi connectivity index (χ3n) is 41.3. The molecule has 826 valence electrons. The van der Waals surface area contributed by atoms with Gasteiger partial charge in [0.05, 0.1) is 24.9 Å². The van der Waals surface area contributed by atoms with Crippen molar-refractivity contribution in [1.29, 1.82) is 0 Å². The summed E-state index contributed by atoms with van der Waals surface area (Å²) in [5.74, 6) is 15.6. The minimum absolute atomic E-state index is 0.0176. The molecule has 48 unspecified atom stereocenters. The third-order valence-corrected chi connectivity index (χ3v) is 41.3. The Morgan fingerprint density at radius 2 is 0.447 bits per heavy atom. The number of carbonyl (C=O) groups excluding carboxylic acids is 13. The van der Waals surface area contributed by atoms with Gasteiger partial charge in [-0.2, -0.15) is 0 Å². The Hall–Kier alpha value is -9.09. The van der Waals surface area contributed by atoms with E-state index in [2.05, 4.69) is 52.6 Å². The van der Waals surface area contributed by atoms with Gasteiger partial charge in [-0.3, -0.25) is 24.0 Å². The van der Waals surface area contributed by atoms with Gasteiger partial charge in [-0.25, -0.2) is 38.4 Å². The molecule has 24 saturated carbocycles. The van der Waals surface area contributed by atoms with Crippen molar-refractivity contribution in [2.24, 2.45) is 195 Å². The lowest BCUT2D eigenvalue weighted by Gasteiger charge is -2.40. The number of rotatable bonds is 22. The molecule has 48 atom stereocenters. The molecule has 0 heterocycles. The van der Waals surface area contributed by atoms with Gasteiger partial charge in [0.2, 0.25) is 0 Å². The van der Waals surface area contributed by atoms with Crippen LogP contribution in [0.15, 0.2) is 97.2 Å². The van der Waals surface area contributed by atoms with Crippen LogP contribution in [-0.4, -0.2) is 191 Å². The first-order valence-electron chi connectivity index (χ1n) is 56.8. The first kappa shape index (κ1) is 112. The van der Waals surface area contributed by atoms with E-state index in [4.69, 9.17) is 61.6 Å². The SMILES string of the molecule is C=C(C)C(=O)OC1CC2CC1C1C3CC(O)C(C3)C21.C=C(C)C(=O)OC1CC2CC1C1C3CC(OC(C)=O)C(C3)C21.C=C(C)C(=O)OC1CC2CC1C1CC(O)CC21.C=C(C)C(=O)OC1CC2CC1C1CC(OC(C)=O)CC21.C=C(C)C(=O)OC1CC2CC1CC2COC(C)=O.C=C(C)C(=O)OC1CC2CC1CC2OC(C)=O.C=C(C)C(=O)OC1CCC2C3CC(CC3O)C12.C=C(C)C(=O)OC1CCC2C3CC(CC3OC(C)=O)C12. The van der Waals surface area contributed by atoms with Gasteiger partial charge in [-0.15, -0.1) is 0 Å². The van der Waals surface area contributed by atoms with Crippen molar-refractivity contribution in [3.8, 4) is 0 Å². The van der Waals surface area contributed by atoms with Crippen LogP contribution in [0.5, 0.6) is 0 Å². The zero-order valence-corrected chi connectivity index (χ0v) is 90.7. The Bertz CT molecular complexity index is 5230. The number of hydrogen-bond acceptors (Lipinski definition) is 29. The van der Waals surface area contributed by atoms with Gasteiger partial charge in [0, 0.05) is 91.0 Å². The maximum Gasteiger partial charge on any atom is 0.333 e. The van der Waals surface area contributed by atoms with Crippen LogP contribution in [0.2, 0.25) is 0 Å². The highest BCUT2D eigenvalue weighted by Crippen LogP contribution is 2.71. The molecule has 0 aliphatic heterocycles. The van der Waals surface area contributed by atoms with Crippen LogP contribution in [0.1, 0.15) is 283 Å². The minimum atomic E-state index is -0.313. The van der Waals surface area contributed by atoms with Crippen LogP contribution in [-0.2, 0) is 124 Å². The zero-order chi connectivity index (χ0) is 108. The van der Waals surface area contributed by atoms with Crippen molar-refractivity contribution in [2.45, 2.75) is 374 Å². The van der Waals surface area contributed by atoms with Gasteiger partial charge in [-0.05, 0) is 431 Å². The minimum Gasteiger partial charge on any atom is -0.466 e. The van der Waals surface area contributed by atoms with E-state index in [1.54, 1.807) is 55.4 Å². The summed E-state index contributed by atoms with van der Waals surface area (Å²) in [6.45, 7) is 50.4. The molecule has 0 spiro atoms. The van der Waals surface area contributed by atoms with Crippen LogP contribution in [0.4, 0.5) is 0 Å². The molecule has 0 radical (unpaired) electrons. The topological polar surface area (TPSA) is 403 Å². The second kappa shape index (κ2) is 46.1. The van der Waals surface area contributed by atoms with Crippen molar-refractivity contribution >= 4 is 77.6 Å². The van der Waals surface area contributed by atoms with E-state index in [-0.39, 0.29) is 169 Å². The lowest BCUT2D eigenvalue weighted by Crippen LogP contribution is -2.42. The molecule has 0 aromatic rings. The van der Waals surface area contributed by atoms with E-state index in [0.717, 1.165) is 172 Å². The summed E-state index contributed by atoms with van der Waals surface area (Å²) in [5, 5.41) is 29.7. The van der Waals surface area contributed by atoms with Crippen molar-refractivity contribution in [3.63, 3.8) is 0 Å². The van der Waals surface area contributed by atoms with E-state index < -0.39 is 0 Å². The monoisotopic (exact) mass is 2090 g/mol. The van der Waals surface area contributed by atoms with Crippen LogP contribution in [0, 0.1) is 195 Å². The molecular formula is C121H168O29. The summed E-state index contributed by atoms with van der Waals surface area (Å²) < 4.78 is 71.1. The molecule has 24 aliphatic carbocycles. The Labute approximate surface area is 885 Å². The van der Waals surface area contributed by atoms with Gasteiger partial charge < -0.3 is 76.9 Å². The van der Waals surface area contributed by atoms with Crippen LogP contribution >= 0.6 is 0 Å². The number of esters is 13. The summed E-state index contributed by atoms with van der Waals surface area (Å²) in [7, 11) is 0. The fourth-order valence-corrected chi connectivity index (χ4v) is 36.3. The number of aliphatic hydroxyl groups is 3. The molecule has 24 aliphatic rings. The second-order valence-electron chi connectivity index (χ2n) is 51.0. The van der Waals surface area contributed by atoms with E-state index in [9.17, 15) is 77.6 Å². The highest BCUT2D eigenvalue weighted by atomic mass is 16.6. The Kier molecular flexibility index (Phi) is 34.5. The van der Waals surface area contributed by atoms with E-state index in [1.807, 2.05) is 0 Å². The van der Waals surface area contributed by atoms with Gasteiger partial charge >= 0.3 is 77.6 Å². The zero-order valence-electron chi connectivity index (χ0n) is 90.7. The van der Waals surface area contributed by atoms with Crippen molar-refractivity contribution in [3.05, 3.63) is 97.2 Å².